The van der Waals surface area contributed by atoms with Gasteiger partial charge in [-0.05, 0) is 37.0 Å². The monoisotopic (exact) mass is 271 g/mol. The molecule has 104 valence electrons. The summed E-state index contributed by atoms with van der Waals surface area (Å²) in [6.45, 7) is 2.83. The third-order valence-corrected chi connectivity index (χ3v) is 4.44. The number of benzene rings is 1. The molecule has 2 fully saturated rings. The summed E-state index contributed by atoms with van der Waals surface area (Å²) in [6, 6.07) is 6.32. The highest BCUT2D eigenvalue weighted by molar-refractivity contribution is 5.97. The molecule has 0 spiro atoms. The van der Waals surface area contributed by atoms with Crippen molar-refractivity contribution >= 4 is 17.0 Å². The van der Waals surface area contributed by atoms with Gasteiger partial charge in [-0.1, -0.05) is 0 Å². The Hall–Kier alpha value is -1.88. The highest BCUT2D eigenvalue weighted by Crippen LogP contribution is 2.31. The van der Waals surface area contributed by atoms with Crippen LogP contribution in [0.25, 0.3) is 11.1 Å². The molecule has 5 heteroatoms. The van der Waals surface area contributed by atoms with Crippen LogP contribution in [-0.2, 0) is 0 Å². The van der Waals surface area contributed by atoms with Gasteiger partial charge in [-0.25, -0.2) is 4.98 Å². The Morgan fingerprint density at radius 3 is 3.10 bits per heavy atom. The Labute approximate surface area is 116 Å². The van der Waals surface area contributed by atoms with Crippen LogP contribution in [0.15, 0.2) is 22.6 Å². The topological polar surface area (TPSA) is 67.2 Å². The van der Waals surface area contributed by atoms with E-state index in [0.29, 0.717) is 35.0 Å². The number of aryl methyl sites for hydroxylation is 1. The lowest BCUT2D eigenvalue weighted by Gasteiger charge is -2.23. The first-order valence-electron chi connectivity index (χ1n) is 7.10. The summed E-state index contributed by atoms with van der Waals surface area (Å²) < 4.78 is 5.48. The zero-order chi connectivity index (χ0) is 13.7. The molecule has 1 saturated heterocycles. The normalized spacial score (nSPS) is 28.1. The number of carbonyl (C=O) groups is 1. The molecule has 1 aliphatic heterocycles. The van der Waals surface area contributed by atoms with Crippen molar-refractivity contribution < 1.29 is 9.21 Å². The van der Waals surface area contributed by atoms with Gasteiger partial charge >= 0.3 is 0 Å². The number of rotatable bonds is 2. The number of piperidine rings is 1. The summed E-state index contributed by atoms with van der Waals surface area (Å²) in [4.78, 5) is 16.6. The van der Waals surface area contributed by atoms with Gasteiger partial charge in [-0.15, -0.1) is 0 Å². The first kappa shape index (κ1) is 11.9. The average Bonchev–Trinajstić information content (AvgIpc) is 3.10. The van der Waals surface area contributed by atoms with Gasteiger partial charge in [0, 0.05) is 31.1 Å². The van der Waals surface area contributed by atoms with Crippen molar-refractivity contribution in [2.75, 3.05) is 6.54 Å². The van der Waals surface area contributed by atoms with Gasteiger partial charge in [-0.3, -0.25) is 4.79 Å². The number of hydrogen-bond acceptors (Lipinski definition) is 4. The third kappa shape index (κ3) is 1.89. The maximum atomic E-state index is 12.3. The number of fused-ring (bicyclic) bond motifs is 3. The van der Waals surface area contributed by atoms with E-state index >= 15 is 0 Å². The van der Waals surface area contributed by atoms with E-state index in [-0.39, 0.29) is 5.91 Å². The molecule has 2 aliphatic rings. The van der Waals surface area contributed by atoms with Crippen LogP contribution in [0.1, 0.15) is 29.1 Å². The number of amides is 1. The second kappa shape index (κ2) is 4.31. The van der Waals surface area contributed by atoms with Crippen molar-refractivity contribution in [3.63, 3.8) is 0 Å². The number of oxazole rings is 1. The van der Waals surface area contributed by atoms with Gasteiger partial charge < -0.3 is 15.1 Å². The Morgan fingerprint density at radius 2 is 2.35 bits per heavy atom. The molecule has 2 aromatic rings. The van der Waals surface area contributed by atoms with E-state index in [0.717, 1.165) is 18.5 Å². The van der Waals surface area contributed by atoms with Crippen molar-refractivity contribution in [3.8, 4) is 0 Å². The lowest BCUT2D eigenvalue weighted by molar-refractivity contribution is 0.0925. The predicted octanol–water partition coefficient (Wildman–Crippen LogP) is 1.62. The first-order chi connectivity index (χ1) is 9.69. The molecule has 1 aromatic carbocycles. The number of carbonyl (C=O) groups excluding carboxylic acids is 1. The second-order valence-corrected chi connectivity index (χ2v) is 5.83. The molecule has 2 heterocycles. The summed E-state index contributed by atoms with van der Waals surface area (Å²) in [6.07, 6.45) is 2.23. The SMILES string of the molecule is Cc1nc2ccc(C(=O)NC3CC4CC3CN4)cc2o1. The van der Waals surface area contributed by atoms with E-state index in [1.54, 1.807) is 6.07 Å². The standard InChI is InChI=1S/C15H17N3O2/c1-8-17-12-3-2-9(5-14(12)20-8)15(19)18-13-6-11-4-10(13)7-16-11/h2-3,5,10-11,13,16H,4,6-7H2,1H3,(H,18,19). The van der Waals surface area contributed by atoms with Crippen LogP contribution in [0.3, 0.4) is 0 Å². The van der Waals surface area contributed by atoms with Crippen LogP contribution in [0, 0.1) is 12.8 Å². The summed E-state index contributed by atoms with van der Waals surface area (Å²) in [5.74, 6) is 1.19. The molecule has 1 amide bonds. The Bertz CT molecular complexity index is 679. The molecule has 5 nitrogen and oxygen atoms in total. The molecule has 3 atom stereocenters. The van der Waals surface area contributed by atoms with Crippen LogP contribution in [0.4, 0.5) is 0 Å². The van der Waals surface area contributed by atoms with Crippen molar-refractivity contribution in [2.24, 2.45) is 5.92 Å². The van der Waals surface area contributed by atoms with Gasteiger partial charge in [-0.2, -0.15) is 0 Å². The van der Waals surface area contributed by atoms with Crippen LogP contribution in [-0.4, -0.2) is 29.5 Å². The maximum Gasteiger partial charge on any atom is 0.251 e. The molecular weight excluding hydrogens is 254 g/mol. The third-order valence-electron chi connectivity index (χ3n) is 4.44. The number of nitrogens with zero attached hydrogens (tertiary/aromatic N) is 1. The maximum absolute atomic E-state index is 12.3. The second-order valence-electron chi connectivity index (χ2n) is 5.83. The fourth-order valence-corrected chi connectivity index (χ4v) is 3.44. The molecule has 0 radical (unpaired) electrons. The molecule has 4 rings (SSSR count). The summed E-state index contributed by atoms with van der Waals surface area (Å²) >= 11 is 0. The van der Waals surface area contributed by atoms with Crippen molar-refractivity contribution in [3.05, 3.63) is 29.7 Å². The van der Waals surface area contributed by atoms with Crippen LogP contribution in [0.2, 0.25) is 0 Å². The molecule has 3 unspecified atom stereocenters. The van der Waals surface area contributed by atoms with Gasteiger partial charge in [0.2, 0.25) is 0 Å². The molecule has 2 bridgehead atoms. The van der Waals surface area contributed by atoms with Crippen molar-refractivity contribution in [1.29, 1.82) is 0 Å². The molecule has 2 N–H and O–H groups in total. The highest BCUT2D eigenvalue weighted by Gasteiger charge is 2.40. The minimum absolute atomic E-state index is 0.0153. The lowest BCUT2D eigenvalue weighted by Crippen LogP contribution is -2.44. The Balaban J connectivity index is 1.54. The molecule has 20 heavy (non-hydrogen) atoms. The molecule has 1 aliphatic carbocycles. The van der Waals surface area contributed by atoms with E-state index in [4.69, 9.17) is 4.42 Å². The molecule has 1 aromatic heterocycles. The van der Waals surface area contributed by atoms with Gasteiger partial charge in [0.25, 0.3) is 5.91 Å². The zero-order valence-electron chi connectivity index (χ0n) is 11.3. The van der Waals surface area contributed by atoms with E-state index in [9.17, 15) is 4.79 Å². The van der Waals surface area contributed by atoms with Crippen molar-refractivity contribution in [1.82, 2.24) is 15.6 Å². The smallest absolute Gasteiger partial charge is 0.251 e. The minimum atomic E-state index is -0.0153. The summed E-state index contributed by atoms with van der Waals surface area (Å²) in [5, 5.41) is 6.61. The molecule has 1 saturated carbocycles. The average molecular weight is 271 g/mol. The van der Waals surface area contributed by atoms with Gasteiger partial charge in [0.15, 0.2) is 11.5 Å². The van der Waals surface area contributed by atoms with Crippen molar-refractivity contribution in [2.45, 2.75) is 31.8 Å². The van der Waals surface area contributed by atoms with Gasteiger partial charge in [0.1, 0.15) is 5.52 Å². The largest absolute Gasteiger partial charge is 0.441 e. The van der Waals surface area contributed by atoms with E-state index in [1.165, 1.54) is 6.42 Å². The quantitative estimate of drug-likeness (QED) is 0.871. The fourth-order valence-electron chi connectivity index (χ4n) is 3.44. The minimum Gasteiger partial charge on any atom is -0.441 e. The fraction of sp³-hybridized carbons (Fsp3) is 0.467. The summed E-state index contributed by atoms with van der Waals surface area (Å²) in [7, 11) is 0. The van der Waals surface area contributed by atoms with E-state index < -0.39 is 0 Å². The van der Waals surface area contributed by atoms with Crippen LogP contribution in [0.5, 0.6) is 0 Å². The number of hydrogen-bond donors (Lipinski definition) is 2. The molecular formula is C15H17N3O2. The lowest BCUT2D eigenvalue weighted by atomic mass is 10.0. The zero-order valence-corrected chi connectivity index (χ0v) is 11.3. The van der Waals surface area contributed by atoms with Crippen LogP contribution < -0.4 is 10.6 Å². The number of nitrogens with one attached hydrogen (secondary N) is 2. The predicted molar refractivity (Wildman–Crippen MR) is 74.5 cm³/mol. The van der Waals surface area contributed by atoms with E-state index in [2.05, 4.69) is 15.6 Å². The van der Waals surface area contributed by atoms with Gasteiger partial charge in [0.05, 0.1) is 0 Å². The Kier molecular flexibility index (Phi) is 2.57. The van der Waals surface area contributed by atoms with E-state index in [1.807, 2.05) is 19.1 Å². The number of aromatic nitrogens is 1. The van der Waals surface area contributed by atoms with Crippen LogP contribution >= 0.6 is 0 Å². The Morgan fingerprint density at radius 1 is 1.45 bits per heavy atom. The summed E-state index contributed by atoms with van der Waals surface area (Å²) in [5.41, 5.74) is 2.11. The first-order valence-corrected chi connectivity index (χ1v) is 7.10. The highest BCUT2D eigenvalue weighted by atomic mass is 16.3.